The molecule has 0 fully saturated rings. The molecule has 0 aromatic heterocycles. The molecule has 0 aliphatic heterocycles. The van der Waals surface area contributed by atoms with E-state index in [4.69, 9.17) is 4.74 Å². The Hall–Kier alpha value is -0.670. The van der Waals surface area contributed by atoms with Crippen molar-refractivity contribution in [2.75, 3.05) is 19.9 Å². The summed E-state index contributed by atoms with van der Waals surface area (Å²) < 4.78 is 5.34. The number of rotatable bonds is 4. The van der Waals surface area contributed by atoms with Crippen LogP contribution in [0.2, 0.25) is 0 Å². The van der Waals surface area contributed by atoms with Crippen LogP contribution < -0.4 is 10.1 Å². The number of hydrogen-bond acceptors (Lipinski definition) is 3. The van der Waals surface area contributed by atoms with Crippen molar-refractivity contribution in [1.82, 2.24) is 5.32 Å². The molecule has 3 heteroatoms. The molecule has 0 amide bonds. The SMILES string of the molecule is CNC(CS)c1cc(C)c(OC)c(C)c1. The summed E-state index contributed by atoms with van der Waals surface area (Å²) in [4.78, 5) is 0. The summed E-state index contributed by atoms with van der Waals surface area (Å²) in [6.45, 7) is 4.14. The molecule has 1 N–H and O–H groups in total. The first-order valence-electron chi connectivity index (χ1n) is 5.07. The van der Waals surface area contributed by atoms with E-state index in [2.05, 4.69) is 43.9 Å². The summed E-state index contributed by atoms with van der Waals surface area (Å²) in [6, 6.07) is 4.61. The van der Waals surface area contributed by atoms with Crippen molar-refractivity contribution in [1.29, 1.82) is 0 Å². The lowest BCUT2D eigenvalue weighted by Gasteiger charge is -2.17. The second-order valence-corrected chi connectivity index (χ2v) is 4.08. The van der Waals surface area contributed by atoms with E-state index in [0.717, 1.165) is 11.5 Å². The highest BCUT2D eigenvalue weighted by atomic mass is 32.1. The quantitative estimate of drug-likeness (QED) is 0.768. The summed E-state index contributed by atoms with van der Waals surface area (Å²) >= 11 is 4.33. The lowest BCUT2D eigenvalue weighted by molar-refractivity contribution is 0.408. The highest BCUT2D eigenvalue weighted by molar-refractivity contribution is 7.80. The molecule has 0 heterocycles. The fraction of sp³-hybridized carbons (Fsp3) is 0.500. The summed E-state index contributed by atoms with van der Waals surface area (Å²) in [5, 5.41) is 3.24. The molecule has 0 aliphatic carbocycles. The van der Waals surface area contributed by atoms with Crippen molar-refractivity contribution < 1.29 is 4.74 Å². The molecule has 1 unspecified atom stereocenters. The molecule has 1 aromatic carbocycles. The minimum absolute atomic E-state index is 0.302. The van der Waals surface area contributed by atoms with Gasteiger partial charge in [0.05, 0.1) is 7.11 Å². The van der Waals surface area contributed by atoms with Gasteiger partial charge in [-0.2, -0.15) is 12.6 Å². The van der Waals surface area contributed by atoms with Gasteiger partial charge in [0.1, 0.15) is 5.75 Å². The molecule has 1 aromatic rings. The standard InChI is InChI=1S/C12H19NOS/c1-8-5-10(11(7-15)13-3)6-9(2)12(8)14-4/h5-6,11,13,15H,7H2,1-4H3. The molecule has 84 valence electrons. The van der Waals surface area contributed by atoms with Crippen LogP contribution in [-0.4, -0.2) is 19.9 Å². The average Bonchev–Trinajstić information content (AvgIpc) is 2.19. The molecular formula is C12H19NOS. The Bertz CT molecular complexity index is 311. The highest BCUT2D eigenvalue weighted by Crippen LogP contribution is 2.27. The van der Waals surface area contributed by atoms with E-state index in [-0.39, 0.29) is 0 Å². The Morgan fingerprint density at radius 1 is 1.33 bits per heavy atom. The fourth-order valence-electron chi connectivity index (χ4n) is 1.87. The average molecular weight is 225 g/mol. The lowest BCUT2D eigenvalue weighted by atomic mass is 10.0. The molecular weight excluding hydrogens is 206 g/mol. The van der Waals surface area contributed by atoms with Crippen molar-refractivity contribution in [3.05, 3.63) is 28.8 Å². The predicted octanol–water partition coefficient (Wildman–Crippen LogP) is 2.50. The van der Waals surface area contributed by atoms with Gasteiger partial charge in [-0.05, 0) is 37.6 Å². The van der Waals surface area contributed by atoms with E-state index in [0.29, 0.717) is 6.04 Å². The number of nitrogens with one attached hydrogen (secondary N) is 1. The minimum atomic E-state index is 0.302. The number of hydrogen-bond donors (Lipinski definition) is 2. The van der Waals surface area contributed by atoms with Crippen LogP contribution in [0.25, 0.3) is 0 Å². The number of benzene rings is 1. The molecule has 0 spiro atoms. The molecule has 0 saturated carbocycles. The zero-order valence-electron chi connectivity index (χ0n) is 9.79. The normalized spacial score (nSPS) is 12.6. The maximum absolute atomic E-state index is 5.34. The first kappa shape index (κ1) is 12.4. The first-order chi connectivity index (χ1) is 7.13. The second-order valence-electron chi connectivity index (χ2n) is 3.71. The van der Waals surface area contributed by atoms with Crippen molar-refractivity contribution in [3.8, 4) is 5.75 Å². The summed E-state index contributed by atoms with van der Waals surface area (Å²) in [7, 11) is 3.67. The number of thiol groups is 1. The van der Waals surface area contributed by atoms with Gasteiger partial charge in [0, 0.05) is 11.8 Å². The third-order valence-electron chi connectivity index (χ3n) is 2.62. The molecule has 1 rings (SSSR count). The zero-order chi connectivity index (χ0) is 11.4. The van der Waals surface area contributed by atoms with E-state index in [1.54, 1.807) is 7.11 Å². The maximum Gasteiger partial charge on any atom is 0.124 e. The minimum Gasteiger partial charge on any atom is -0.496 e. The highest BCUT2D eigenvalue weighted by Gasteiger charge is 2.11. The maximum atomic E-state index is 5.34. The number of aryl methyl sites for hydroxylation is 2. The molecule has 0 aliphatic rings. The van der Waals surface area contributed by atoms with Crippen LogP contribution in [0.15, 0.2) is 12.1 Å². The third-order valence-corrected chi connectivity index (χ3v) is 2.99. The van der Waals surface area contributed by atoms with Gasteiger partial charge in [0.2, 0.25) is 0 Å². The molecule has 2 nitrogen and oxygen atoms in total. The van der Waals surface area contributed by atoms with Crippen molar-refractivity contribution in [2.24, 2.45) is 0 Å². The zero-order valence-corrected chi connectivity index (χ0v) is 10.7. The van der Waals surface area contributed by atoms with Crippen LogP contribution in [-0.2, 0) is 0 Å². The van der Waals surface area contributed by atoms with E-state index in [9.17, 15) is 0 Å². The first-order valence-corrected chi connectivity index (χ1v) is 5.70. The Kier molecular flexibility index (Phi) is 4.48. The molecule has 0 bridgehead atoms. The van der Waals surface area contributed by atoms with Gasteiger partial charge in [0.15, 0.2) is 0 Å². The van der Waals surface area contributed by atoms with Crippen molar-refractivity contribution in [2.45, 2.75) is 19.9 Å². The van der Waals surface area contributed by atoms with Crippen LogP contribution >= 0.6 is 12.6 Å². The number of methoxy groups -OCH3 is 1. The Labute approximate surface area is 97.4 Å². The van der Waals surface area contributed by atoms with Crippen LogP contribution in [0.5, 0.6) is 5.75 Å². The third kappa shape index (κ3) is 2.67. The van der Waals surface area contributed by atoms with Crippen LogP contribution in [0.4, 0.5) is 0 Å². The van der Waals surface area contributed by atoms with Gasteiger partial charge in [0.25, 0.3) is 0 Å². The molecule has 15 heavy (non-hydrogen) atoms. The Balaban J connectivity index is 3.12. The Morgan fingerprint density at radius 3 is 2.20 bits per heavy atom. The van der Waals surface area contributed by atoms with Gasteiger partial charge in [-0.15, -0.1) is 0 Å². The Morgan fingerprint density at radius 2 is 1.87 bits per heavy atom. The van der Waals surface area contributed by atoms with Crippen molar-refractivity contribution in [3.63, 3.8) is 0 Å². The van der Waals surface area contributed by atoms with E-state index in [1.807, 2.05) is 7.05 Å². The largest absolute Gasteiger partial charge is 0.496 e. The van der Waals surface area contributed by atoms with Gasteiger partial charge >= 0.3 is 0 Å². The second kappa shape index (κ2) is 5.42. The van der Waals surface area contributed by atoms with Crippen LogP contribution in [0.1, 0.15) is 22.7 Å². The van der Waals surface area contributed by atoms with Gasteiger partial charge in [-0.1, -0.05) is 12.1 Å². The summed E-state index contributed by atoms with van der Waals surface area (Å²) in [5.41, 5.74) is 3.62. The summed E-state index contributed by atoms with van der Waals surface area (Å²) in [6.07, 6.45) is 0. The molecule has 0 saturated heterocycles. The summed E-state index contributed by atoms with van der Waals surface area (Å²) in [5.74, 6) is 1.77. The van der Waals surface area contributed by atoms with E-state index < -0.39 is 0 Å². The van der Waals surface area contributed by atoms with E-state index in [1.165, 1.54) is 16.7 Å². The van der Waals surface area contributed by atoms with Crippen LogP contribution in [0.3, 0.4) is 0 Å². The molecule has 1 atom stereocenters. The van der Waals surface area contributed by atoms with E-state index >= 15 is 0 Å². The van der Waals surface area contributed by atoms with Gasteiger partial charge < -0.3 is 10.1 Å². The van der Waals surface area contributed by atoms with Gasteiger partial charge in [-0.3, -0.25) is 0 Å². The van der Waals surface area contributed by atoms with Gasteiger partial charge in [-0.25, -0.2) is 0 Å². The fourth-order valence-corrected chi connectivity index (χ4v) is 2.26. The lowest BCUT2D eigenvalue weighted by Crippen LogP contribution is -2.18. The molecule has 0 radical (unpaired) electrons. The monoisotopic (exact) mass is 225 g/mol. The number of ether oxygens (including phenoxy) is 1. The smallest absolute Gasteiger partial charge is 0.124 e. The predicted molar refractivity (Wildman–Crippen MR) is 68.1 cm³/mol. The van der Waals surface area contributed by atoms with Crippen molar-refractivity contribution >= 4 is 12.6 Å². The topological polar surface area (TPSA) is 21.3 Å². The van der Waals surface area contributed by atoms with Crippen LogP contribution in [0, 0.1) is 13.8 Å².